The Morgan fingerprint density at radius 2 is 1.42 bits per heavy atom. The van der Waals surface area contributed by atoms with Crippen LogP contribution in [0.3, 0.4) is 0 Å². The molecule has 6 heteroatoms. The maximum absolute atomic E-state index is 13.3. The minimum absolute atomic E-state index is 0.00733. The van der Waals surface area contributed by atoms with Crippen molar-refractivity contribution in [2.24, 2.45) is 0 Å². The molecule has 0 radical (unpaired) electrons. The average Bonchev–Trinajstić information content (AvgIpc) is 2.85. The third-order valence-electron chi connectivity index (χ3n) is 5.70. The summed E-state index contributed by atoms with van der Waals surface area (Å²) in [6.07, 6.45) is 1.67. The van der Waals surface area contributed by atoms with Crippen LogP contribution < -0.4 is 10.6 Å². The lowest BCUT2D eigenvalue weighted by atomic mass is 10.0. The maximum Gasteiger partial charge on any atom is 0.238 e. The first-order chi connectivity index (χ1) is 16.2. The smallest absolute Gasteiger partial charge is 0.238 e. The molecule has 1 fully saturated rings. The second-order valence-electron chi connectivity index (χ2n) is 8.19. The number of nitrogens with zero attached hydrogens (tertiary/aromatic N) is 1. The Kier molecular flexibility index (Phi) is 8.17. The van der Waals surface area contributed by atoms with Crippen molar-refractivity contribution in [3.8, 4) is 0 Å². The van der Waals surface area contributed by atoms with Gasteiger partial charge in [0.15, 0.2) is 0 Å². The first-order valence-electron chi connectivity index (χ1n) is 11.3. The van der Waals surface area contributed by atoms with Crippen LogP contribution in [0.15, 0.2) is 95.9 Å². The number of para-hydroxylation sites is 1. The molecule has 4 rings (SSSR count). The molecule has 2 N–H and O–H groups in total. The Hall–Kier alpha value is -3.09. The van der Waals surface area contributed by atoms with Crippen LogP contribution in [0.2, 0.25) is 0 Å². The Morgan fingerprint density at radius 1 is 0.848 bits per heavy atom. The molecule has 1 aliphatic heterocycles. The summed E-state index contributed by atoms with van der Waals surface area (Å²) in [5, 5.41) is 5.90. The van der Waals surface area contributed by atoms with Gasteiger partial charge in [-0.25, -0.2) is 0 Å². The van der Waals surface area contributed by atoms with Gasteiger partial charge in [0, 0.05) is 29.7 Å². The van der Waals surface area contributed by atoms with Gasteiger partial charge in [0.25, 0.3) is 0 Å². The van der Waals surface area contributed by atoms with E-state index < -0.39 is 0 Å². The molecule has 1 heterocycles. The number of thioether (sulfide) groups is 1. The highest BCUT2D eigenvalue weighted by atomic mass is 32.2. The first kappa shape index (κ1) is 23.1. The largest absolute Gasteiger partial charge is 0.352 e. The van der Waals surface area contributed by atoms with Gasteiger partial charge in [-0.05, 0) is 42.7 Å². The van der Waals surface area contributed by atoms with Gasteiger partial charge in [0.05, 0.1) is 6.54 Å². The van der Waals surface area contributed by atoms with E-state index in [1.54, 1.807) is 11.8 Å². The van der Waals surface area contributed by atoms with Gasteiger partial charge in [0.2, 0.25) is 11.8 Å². The molecule has 0 aliphatic carbocycles. The summed E-state index contributed by atoms with van der Waals surface area (Å²) in [4.78, 5) is 28.8. The summed E-state index contributed by atoms with van der Waals surface area (Å²) < 4.78 is 0. The van der Waals surface area contributed by atoms with Gasteiger partial charge in [-0.1, -0.05) is 66.7 Å². The number of amides is 2. The van der Waals surface area contributed by atoms with Crippen molar-refractivity contribution in [3.05, 3.63) is 96.6 Å². The minimum atomic E-state index is -0.303. The Balaban J connectivity index is 1.30. The van der Waals surface area contributed by atoms with Crippen LogP contribution >= 0.6 is 11.8 Å². The van der Waals surface area contributed by atoms with Gasteiger partial charge in [0.1, 0.15) is 5.25 Å². The lowest BCUT2D eigenvalue weighted by Gasteiger charge is -2.32. The van der Waals surface area contributed by atoms with Crippen molar-refractivity contribution in [3.63, 3.8) is 0 Å². The highest BCUT2D eigenvalue weighted by Crippen LogP contribution is 2.35. The van der Waals surface area contributed by atoms with Crippen LogP contribution in [-0.2, 0) is 9.59 Å². The average molecular weight is 460 g/mol. The van der Waals surface area contributed by atoms with Crippen LogP contribution in [0.1, 0.15) is 23.7 Å². The van der Waals surface area contributed by atoms with Crippen molar-refractivity contribution in [2.75, 3.05) is 25.0 Å². The second kappa shape index (κ2) is 11.7. The Morgan fingerprint density at radius 3 is 2.06 bits per heavy atom. The van der Waals surface area contributed by atoms with Gasteiger partial charge in [-0.2, -0.15) is 0 Å². The van der Waals surface area contributed by atoms with Crippen molar-refractivity contribution in [2.45, 2.75) is 29.0 Å². The minimum Gasteiger partial charge on any atom is -0.352 e. The van der Waals surface area contributed by atoms with E-state index >= 15 is 0 Å². The number of nitrogens with one attached hydrogen (secondary N) is 2. The molecule has 170 valence electrons. The summed E-state index contributed by atoms with van der Waals surface area (Å²) in [5.74, 6) is 0.0300. The standard InChI is InChI=1S/C27H29N3O2S/c31-25(28-22-12-6-2-7-13-22)20-30-18-16-23(17-19-30)29-27(32)26(21-10-4-1-5-11-21)33-24-14-8-3-9-15-24/h1-15,23,26H,16-20H2,(H,28,31)(H,29,32). The van der Waals surface area contributed by atoms with Gasteiger partial charge in [-0.15, -0.1) is 11.8 Å². The number of anilines is 1. The molecule has 3 aromatic carbocycles. The molecule has 3 aromatic rings. The zero-order chi connectivity index (χ0) is 22.9. The molecule has 0 bridgehead atoms. The number of hydrogen-bond donors (Lipinski definition) is 2. The summed E-state index contributed by atoms with van der Waals surface area (Å²) in [5.41, 5.74) is 1.81. The normalized spacial score (nSPS) is 15.5. The molecule has 2 amide bonds. The molecule has 0 aromatic heterocycles. The Labute approximate surface area is 199 Å². The van der Waals surface area contributed by atoms with Gasteiger partial charge >= 0.3 is 0 Å². The van der Waals surface area contributed by atoms with E-state index in [1.807, 2.05) is 91.0 Å². The summed E-state index contributed by atoms with van der Waals surface area (Å²) in [6, 6.07) is 29.6. The molecule has 1 unspecified atom stereocenters. The van der Waals surface area contributed by atoms with Crippen molar-refractivity contribution >= 4 is 29.3 Å². The summed E-state index contributed by atoms with van der Waals surface area (Å²) in [6.45, 7) is 1.94. The lowest BCUT2D eigenvalue weighted by molar-refractivity contribution is -0.122. The number of likely N-dealkylation sites (tertiary alicyclic amines) is 1. The lowest BCUT2D eigenvalue weighted by Crippen LogP contribution is -2.47. The summed E-state index contributed by atoms with van der Waals surface area (Å²) >= 11 is 1.57. The van der Waals surface area contributed by atoms with E-state index in [0.29, 0.717) is 6.54 Å². The number of piperidine rings is 1. The highest BCUT2D eigenvalue weighted by Gasteiger charge is 2.27. The molecular formula is C27H29N3O2S. The first-order valence-corrected chi connectivity index (χ1v) is 12.2. The number of carbonyl (C=O) groups excluding carboxylic acids is 2. The number of rotatable bonds is 8. The molecule has 0 saturated carbocycles. The highest BCUT2D eigenvalue weighted by molar-refractivity contribution is 8.00. The predicted molar refractivity (Wildman–Crippen MR) is 134 cm³/mol. The maximum atomic E-state index is 13.3. The third-order valence-corrected chi connectivity index (χ3v) is 6.96. The second-order valence-corrected chi connectivity index (χ2v) is 9.37. The third kappa shape index (κ3) is 6.94. The predicted octanol–water partition coefficient (Wildman–Crippen LogP) is 4.74. The SMILES string of the molecule is O=C(CN1CCC(NC(=O)C(Sc2ccccc2)c2ccccc2)CC1)Nc1ccccc1. The molecule has 5 nitrogen and oxygen atoms in total. The molecule has 1 aliphatic rings. The van der Waals surface area contributed by atoms with Crippen molar-refractivity contribution in [1.82, 2.24) is 10.2 Å². The van der Waals surface area contributed by atoms with E-state index in [2.05, 4.69) is 15.5 Å². The molecule has 0 spiro atoms. The number of carbonyl (C=O) groups is 2. The summed E-state index contributed by atoms with van der Waals surface area (Å²) in [7, 11) is 0. The van der Waals surface area contributed by atoms with E-state index in [9.17, 15) is 9.59 Å². The fourth-order valence-corrected chi connectivity index (χ4v) is 5.03. The topological polar surface area (TPSA) is 61.4 Å². The van der Waals surface area contributed by atoms with Crippen LogP contribution in [-0.4, -0.2) is 42.4 Å². The van der Waals surface area contributed by atoms with Crippen LogP contribution in [0.5, 0.6) is 0 Å². The van der Waals surface area contributed by atoms with Gasteiger partial charge < -0.3 is 10.6 Å². The van der Waals surface area contributed by atoms with E-state index in [1.165, 1.54) is 0 Å². The van der Waals surface area contributed by atoms with Crippen LogP contribution in [0.4, 0.5) is 5.69 Å². The molecule has 1 saturated heterocycles. The molecule has 1 atom stereocenters. The van der Waals surface area contributed by atoms with Crippen molar-refractivity contribution in [1.29, 1.82) is 0 Å². The molecule has 33 heavy (non-hydrogen) atoms. The monoisotopic (exact) mass is 459 g/mol. The Bertz CT molecular complexity index is 1020. The number of hydrogen-bond acceptors (Lipinski definition) is 4. The zero-order valence-electron chi connectivity index (χ0n) is 18.5. The van der Waals surface area contributed by atoms with E-state index in [-0.39, 0.29) is 23.1 Å². The van der Waals surface area contributed by atoms with Crippen LogP contribution in [0, 0.1) is 0 Å². The quantitative estimate of drug-likeness (QED) is 0.478. The van der Waals surface area contributed by atoms with Gasteiger partial charge in [-0.3, -0.25) is 14.5 Å². The van der Waals surface area contributed by atoms with E-state index in [0.717, 1.165) is 42.1 Å². The number of benzene rings is 3. The fraction of sp³-hybridized carbons (Fsp3) is 0.259. The fourth-order valence-electron chi connectivity index (χ4n) is 3.97. The van der Waals surface area contributed by atoms with Crippen LogP contribution in [0.25, 0.3) is 0 Å². The van der Waals surface area contributed by atoms with E-state index in [4.69, 9.17) is 0 Å². The zero-order valence-corrected chi connectivity index (χ0v) is 19.3. The van der Waals surface area contributed by atoms with Crippen molar-refractivity contribution < 1.29 is 9.59 Å². The molecular weight excluding hydrogens is 430 g/mol.